The Kier molecular flexibility index (Phi) is 5.79. The summed E-state index contributed by atoms with van der Waals surface area (Å²) in [7, 11) is 0. The number of nitro benzene ring substituents is 1. The van der Waals surface area contributed by atoms with Crippen LogP contribution in [0.1, 0.15) is 16.7 Å². The van der Waals surface area contributed by atoms with Crippen LogP contribution in [0.3, 0.4) is 0 Å². The summed E-state index contributed by atoms with van der Waals surface area (Å²) in [6.07, 6.45) is 0. The Bertz CT molecular complexity index is 1140. The molecular formula is C26H19N3O2. The molecule has 0 aliphatic carbocycles. The van der Waals surface area contributed by atoms with Crippen molar-refractivity contribution in [2.75, 3.05) is 0 Å². The van der Waals surface area contributed by atoms with Crippen molar-refractivity contribution in [3.05, 3.63) is 142 Å². The highest BCUT2D eigenvalue weighted by Crippen LogP contribution is 2.40. The van der Waals surface area contributed by atoms with E-state index >= 15 is 0 Å². The van der Waals surface area contributed by atoms with Gasteiger partial charge >= 0.3 is 0 Å². The Balaban J connectivity index is 1.93. The van der Waals surface area contributed by atoms with E-state index in [1.54, 1.807) is 12.1 Å². The zero-order valence-corrected chi connectivity index (χ0v) is 16.6. The first kappa shape index (κ1) is 20.0. The molecule has 0 saturated carbocycles. The lowest BCUT2D eigenvalue weighted by atomic mass is 9.77. The van der Waals surface area contributed by atoms with E-state index in [2.05, 4.69) is 11.0 Å². The molecule has 5 heteroatoms. The highest BCUT2D eigenvalue weighted by Gasteiger charge is 2.35. The van der Waals surface area contributed by atoms with Crippen LogP contribution in [0.4, 0.5) is 11.4 Å². The van der Waals surface area contributed by atoms with Gasteiger partial charge in [-0.1, -0.05) is 97.1 Å². The quantitative estimate of drug-likeness (QED) is 0.161. The van der Waals surface area contributed by atoms with Gasteiger partial charge in [0.05, 0.1) is 16.6 Å². The van der Waals surface area contributed by atoms with Crippen LogP contribution in [-0.2, 0) is 5.54 Å². The third kappa shape index (κ3) is 4.17. The van der Waals surface area contributed by atoms with Gasteiger partial charge in [0.1, 0.15) is 5.54 Å². The molecule has 0 radical (unpaired) electrons. The molecule has 31 heavy (non-hydrogen) atoms. The number of benzene rings is 4. The first-order valence-electron chi connectivity index (χ1n) is 9.79. The van der Waals surface area contributed by atoms with Gasteiger partial charge < -0.3 is 0 Å². The van der Waals surface area contributed by atoms with E-state index in [0.717, 1.165) is 16.7 Å². The largest absolute Gasteiger partial charge is 0.271 e. The van der Waals surface area contributed by atoms with Crippen LogP contribution in [0.15, 0.2) is 125 Å². The van der Waals surface area contributed by atoms with E-state index in [9.17, 15) is 10.1 Å². The van der Waals surface area contributed by atoms with Gasteiger partial charge in [-0.05, 0) is 22.8 Å². The van der Waals surface area contributed by atoms with Crippen molar-refractivity contribution < 1.29 is 4.92 Å². The minimum absolute atomic E-state index is 0.0245. The fourth-order valence-corrected chi connectivity index (χ4v) is 3.57. The van der Waals surface area contributed by atoms with Gasteiger partial charge in [-0.3, -0.25) is 10.1 Å². The number of non-ortho nitro benzene ring substituents is 1. The fraction of sp³-hybridized carbons (Fsp3) is 0.0385. The van der Waals surface area contributed by atoms with E-state index in [1.807, 2.05) is 91.0 Å². The van der Waals surface area contributed by atoms with E-state index in [1.165, 1.54) is 12.1 Å². The Labute approximate surface area is 180 Å². The third-order valence-electron chi connectivity index (χ3n) is 5.01. The van der Waals surface area contributed by atoms with E-state index in [0.29, 0.717) is 5.69 Å². The van der Waals surface area contributed by atoms with Crippen molar-refractivity contribution in [3.63, 3.8) is 0 Å². The zero-order chi connectivity index (χ0) is 21.5. The molecule has 0 aromatic heterocycles. The van der Waals surface area contributed by atoms with E-state index < -0.39 is 10.5 Å². The second-order valence-corrected chi connectivity index (χ2v) is 6.91. The molecule has 5 nitrogen and oxygen atoms in total. The van der Waals surface area contributed by atoms with Crippen molar-refractivity contribution in [2.45, 2.75) is 5.54 Å². The molecule has 0 aliphatic heterocycles. The number of nitro groups is 1. The summed E-state index contributed by atoms with van der Waals surface area (Å²) in [5, 5.41) is 11.1. The summed E-state index contributed by atoms with van der Waals surface area (Å²) in [6, 6.07) is 38.8. The molecule has 0 saturated heterocycles. The average Bonchev–Trinajstić information content (AvgIpc) is 2.84. The predicted molar refractivity (Wildman–Crippen MR) is 122 cm³/mol. The van der Waals surface area contributed by atoms with Crippen LogP contribution in [-0.4, -0.2) is 10.9 Å². The van der Waals surface area contributed by atoms with Crippen molar-refractivity contribution in [3.8, 4) is 0 Å². The van der Waals surface area contributed by atoms with Crippen molar-refractivity contribution >= 4 is 17.4 Å². The molecule has 0 unspecified atom stereocenters. The van der Waals surface area contributed by atoms with Crippen LogP contribution >= 0.6 is 0 Å². The molecule has 0 aliphatic rings. The second kappa shape index (κ2) is 8.99. The maximum atomic E-state index is 11.1. The summed E-state index contributed by atoms with van der Waals surface area (Å²) in [5.74, 6) is 0. The summed E-state index contributed by atoms with van der Waals surface area (Å²) in [6.45, 7) is 0. The summed E-state index contributed by atoms with van der Waals surface area (Å²) in [5.41, 5.74) is 2.43. The summed E-state index contributed by atoms with van der Waals surface area (Å²) < 4.78 is 0. The van der Waals surface area contributed by atoms with Gasteiger partial charge in [-0.2, -0.15) is 4.99 Å². The number of rotatable bonds is 6. The minimum Gasteiger partial charge on any atom is -0.258 e. The Morgan fingerprint density at radius 3 is 1.61 bits per heavy atom. The second-order valence-electron chi connectivity index (χ2n) is 6.91. The van der Waals surface area contributed by atoms with Gasteiger partial charge in [0, 0.05) is 12.1 Å². The molecule has 0 amide bonds. The minimum atomic E-state index is -0.867. The Morgan fingerprint density at radius 2 is 1.16 bits per heavy atom. The highest BCUT2D eigenvalue weighted by molar-refractivity contribution is 5.60. The molecule has 0 bridgehead atoms. The van der Waals surface area contributed by atoms with Gasteiger partial charge in [0.2, 0.25) is 0 Å². The van der Waals surface area contributed by atoms with Crippen LogP contribution < -0.4 is 0 Å². The van der Waals surface area contributed by atoms with Crippen LogP contribution in [0, 0.1) is 10.1 Å². The highest BCUT2D eigenvalue weighted by atomic mass is 16.6. The maximum Gasteiger partial charge on any atom is 0.271 e. The molecule has 150 valence electrons. The molecule has 4 aromatic rings. The first-order chi connectivity index (χ1) is 15.2. The average molecular weight is 405 g/mol. The Hall–Kier alpha value is -4.34. The number of hydrogen-bond donors (Lipinski definition) is 0. The van der Waals surface area contributed by atoms with E-state index in [-0.39, 0.29) is 5.69 Å². The molecule has 4 rings (SSSR count). The number of hydrogen-bond acceptors (Lipinski definition) is 4. The third-order valence-corrected chi connectivity index (χ3v) is 5.01. The standard InChI is InChI=1S/C26H19N3O2/c30-29(31)25-18-10-17-24(19-25)27-20-28-26(21-11-4-1-5-12-21,22-13-6-2-7-14-22)23-15-8-3-9-16-23/h1-19H. The lowest BCUT2D eigenvalue weighted by Crippen LogP contribution is -2.26. The molecule has 0 N–H and O–H groups in total. The van der Waals surface area contributed by atoms with Crippen LogP contribution in [0.2, 0.25) is 0 Å². The van der Waals surface area contributed by atoms with Gasteiger partial charge in [0.25, 0.3) is 5.69 Å². The van der Waals surface area contributed by atoms with E-state index in [4.69, 9.17) is 4.99 Å². The van der Waals surface area contributed by atoms with Crippen LogP contribution in [0.25, 0.3) is 0 Å². The Morgan fingerprint density at radius 1 is 0.677 bits per heavy atom. The molecular weight excluding hydrogens is 386 g/mol. The number of nitrogens with zero attached hydrogens (tertiary/aromatic N) is 3. The van der Waals surface area contributed by atoms with Crippen molar-refractivity contribution in [1.82, 2.24) is 0 Å². The van der Waals surface area contributed by atoms with Gasteiger partial charge in [-0.15, -0.1) is 0 Å². The molecule has 0 spiro atoms. The van der Waals surface area contributed by atoms with Crippen molar-refractivity contribution in [1.29, 1.82) is 0 Å². The lowest BCUT2D eigenvalue weighted by molar-refractivity contribution is -0.384. The van der Waals surface area contributed by atoms with Crippen molar-refractivity contribution in [2.24, 2.45) is 9.98 Å². The first-order valence-corrected chi connectivity index (χ1v) is 9.79. The topological polar surface area (TPSA) is 67.9 Å². The van der Waals surface area contributed by atoms with Gasteiger partial charge in [-0.25, -0.2) is 4.99 Å². The summed E-state index contributed by atoms with van der Waals surface area (Å²) in [4.78, 5) is 19.8. The maximum absolute atomic E-state index is 11.1. The normalized spacial score (nSPS) is 10.7. The molecule has 0 heterocycles. The monoisotopic (exact) mass is 405 g/mol. The molecule has 0 fully saturated rings. The summed E-state index contributed by atoms with van der Waals surface area (Å²) >= 11 is 0. The molecule has 0 atom stereocenters. The lowest BCUT2D eigenvalue weighted by Gasteiger charge is -2.30. The number of aliphatic imine (C=N–C) groups is 2. The smallest absolute Gasteiger partial charge is 0.258 e. The predicted octanol–water partition coefficient (Wildman–Crippen LogP) is 6.39. The molecule has 4 aromatic carbocycles. The fourth-order valence-electron chi connectivity index (χ4n) is 3.57. The zero-order valence-electron chi connectivity index (χ0n) is 16.6. The van der Waals surface area contributed by atoms with Crippen LogP contribution in [0.5, 0.6) is 0 Å². The SMILES string of the molecule is O=[N+]([O-])c1cccc(N=C=NC(c2ccccc2)(c2ccccc2)c2ccccc2)c1. The van der Waals surface area contributed by atoms with Gasteiger partial charge in [0.15, 0.2) is 0 Å².